The molecule has 1 aromatic carbocycles. The minimum Gasteiger partial charge on any atom is -0.368 e. The van der Waals surface area contributed by atoms with Crippen LogP contribution in [-0.4, -0.2) is 26.8 Å². The number of hydrogen-bond acceptors (Lipinski definition) is 5. The topological polar surface area (TPSA) is 96.7 Å². The normalized spacial score (nSPS) is 11.4. The summed E-state index contributed by atoms with van der Waals surface area (Å²) >= 11 is 1.23. The van der Waals surface area contributed by atoms with E-state index in [2.05, 4.69) is 41.3 Å². The fraction of sp³-hybridized carbons (Fsp3) is 0.357. The van der Waals surface area contributed by atoms with Crippen molar-refractivity contribution in [2.45, 2.75) is 31.3 Å². The monoisotopic (exact) mass is 305 g/mol. The molecule has 0 atom stereocenters. The molecule has 2 aromatic rings. The van der Waals surface area contributed by atoms with Gasteiger partial charge in [0.05, 0.1) is 5.75 Å². The Bertz CT molecular complexity index is 615. The largest absolute Gasteiger partial charge is 0.368 e. The van der Waals surface area contributed by atoms with Gasteiger partial charge in [0.2, 0.25) is 17.0 Å². The fourth-order valence-electron chi connectivity index (χ4n) is 1.70. The second-order valence-corrected chi connectivity index (χ2v) is 6.61. The second-order valence-electron chi connectivity index (χ2n) is 5.67. The van der Waals surface area contributed by atoms with Gasteiger partial charge in [-0.25, -0.2) is 5.10 Å². The van der Waals surface area contributed by atoms with E-state index in [1.54, 1.807) is 0 Å². The number of aromatic nitrogens is 3. The molecule has 0 saturated heterocycles. The van der Waals surface area contributed by atoms with Crippen molar-refractivity contribution < 1.29 is 4.79 Å². The molecule has 0 radical (unpaired) electrons. The first kappa shape index (κ1) is 15.4. The molecule has 0 aliphatic carbocycles. The molecule has 0 fully saturated rings. The van der Waals surface area contributed by atoms with Crippen LogP contribution in [0.5, 0.6) is 0 Å². The Kier molecular flexibility index (Phi) is 4.52. The number of nitrogens with two attached hydrogens (primary N) is 1. The summed E-state index contributed by atoms with van der Waals surface area (Å²) < 4.78 is 0. The van der Waals surface area contributed by atoms with Crippen molar-refractivity contribution in [3.63, 3.8) is 0 Å². The van der Waals surface area contributed by atoms with E-state index in [-0.39, 0.29) is 23.0 Å². The number of H-pyrrole nitrogens is 1. The minimum atomic E-state index is -0.105. The summed E-state index contributed by atoms with van der Waals surface area (Å²) in [4.78, 5) is 15.8. The van der Waals surface area contributed by atoms with Gasteiger partial charge in [0.15, 0.2) is 0 Å². The summed E-state index contributed by atoms with van der Waals surface area (Å²) in [5.41, 5.74) is 7.52. The van der Waals surface area contributed by atoms with E-state index in [0.717, 1.165) is 5.69 Å². The SMILES string of the molecule is CC(C)(C)c1ccc(NC(=O)CSc2n[nH]c(N)n2)cc1. The zero-order valence-electron chi connectivity index (χ0n) is 12.3. The van der Waals surface area contributed by atoms with Crippen molar-refractivity contribution in [3.05, 3.63) is 29.8 Å². The molecule has 0 unspecified atom stereocenters. The molecule has 0 saturated carbocycles. The molecule has 1 heterocycles. The Labute approximate surface area is 127 Å². The van der Waals surface area contributed by atoms with E-state index in [0.29, 0.717) is 5.16 Å². The molecule has 6 nitrogen and oxygen atoms in total. The number of aromatic amines is 1. The zero-order valence-corrected chi connectivity index (χ0v) is 13.1. The van der Waals surface area contributed by atoms with Crippen molar-refractivity contribution in [1.29, 1.82) is 0 Å². The number of carbonyl (C=O) groups excluding carboxylic acids is 1. The van der Waals surface area contributed by atoms with Crippen LogP contribution in [0.15, 0.2) is 29.4 Å². The van der Waals surface area contributed by atoms with Gasteiger partial charge in [-0.05, 0) is 23.1 Å². The molecule has 0 aliphatic heterocycles. The Balaban J connectivity index is 1.88. The smallest absolute Gasteiger partial charge is 0.234 e. The van der Waals surface area contributed by atoms with E-state index in [1.165, 1.54) is 17.3 Å². The summed E-state index contributed by atoms with van der Waals surface area (Å²) in [6, 6.07) is 7.87. The summed E-state index contributed by atoms with van der Waals surface area (Å²) in [5.74, 6) is 0.376. The third-order valence-corrected chi connectivity index (χ3v) is 3.70. The number of hydrogen-bond donors (Lipinski definition) is 3. The second kappa shape index (κ2) is 6.17. The molecule has 0 bridgehead atoms. The molecule has 1 aromatic heterocycles. The number of nitrogens with one attached hydrogen (secondary N) is 2. The zero-order chi connectivity index (χ0) is 15.5. The number of amides is 1. The van der Waals surface area contributed by atoms with Crippen LogP contribution in [0.4, 0.5) is 11.6 Å². The Hall–Kier alpha value is -2.02. The molecule has 0 spiro atoms. The number of rotatable bonds is 4. The van der Waals surface area contributed by atoms with Crippen LogP contribution in [0.2, 0.25) is 0 Å². The Morgan fingerprint density at radius 1 is 1.33 bits per heavy atom. The fourth-order valence-corrected chi connectivity index (χ4v) is 2.31. The van der Waals surface area contributed by atoms with Gasteiger partial charge in [-0.1, -0.05) is 44.7 Å². The Morgan fingerprint density at radius 2 is 2.00 bits per heavy atom. The third kappa shape index (κ3) is 4.49. The highest BCUT2D eigenvalue weighted by Gasteiger charge is 2.13. The van der Waals surface area contributed by atoms with Crippen molar-refractivity contribution in [2.24, 2.45) is 0 Å². The van der Waals surface area contributed by atoms with Crippen LogP contribution in [-0.2, 0) is 10.2 Å². The molecular formula is C14H19N5OS. The summed E-state index contributed by atoms with van der Waals surface area (Å²) in [6.07, 6.45) is 0. The lowest BCUT2D eigenvalue weighted by molar-refractivity contribution is -0.113. The van der Waals surface area contributed by atoms with Crippen LogP contribution < -0.4 is 11.1 Å². The van der Waals surface area contributed by atoms with Crippen LogP contribution in [0.25, 0.3) is 0 Å². The predicted octanol–water partition coefficient (Wildman–Crippen LogP) is 2.42. The lowest BCUT2D eigenvalue weighted by atomic mass is 9.87. The molecule has 0 aliphatic rings. The molecule has 112 valence electrons. The maximum atomic E-state index is 11.8. The average molecular weight is 305 g/mol. The summed E-state index contributed by atoms with van der Waals surface area (Å²) in [6.45, 7) is 6.46. The lowest BCUT2D eigenvalue weighted by Gasteiger charge is -2.19. The minimum absolute atomic E-state index is 0.101. The number of benzene rings is 1. The van der Waals surface area contributed by atoms with E-state index in [4.69, 9.17) is 5.73 Å². The molecule has 4 N–H and O–H groups in total. The first-order valence-corrected chi connectivity index (χ1v) is 7.54. The van der Waals surface area contributed by atoms with Crippen molar-refractivity contribution in [1.82, 2.24) is 15.2 Å². The van der Waals surface area contributed by atoms with Crippen LogP contribution in [0.3, 0.4) is 0 Å². The molecule has 21 heavy (non-hydrogen) atoms. The number of carbonyl (C=O) groups is 1. The molecular weight excluding hydrogens is 286 g/mol. The molecule has 1 amide bonds. The summed E-state index contributed by atoms with van der Waals surface area (Å²) in [7, 11) is 0. The van der Waals surface area contributed by atoms with E-state index in [9.17, 15) is 4.79 Å². The van der Waals surface area contributed by atoms with Gasteiger partial charge >= 0.3 is 0 Å². The van der Waals surface area contributed by atoms with Crippen LogP contribution in [0, 0.1) is 0 Å². The van der Waals surface area contributed by atoms with Crippen molar-refractivity contribution >= 4 is 29.3 Å². The highest BCUT2D eigenvalue weighted by molar-refractivity contribution is 7.99. The van der Waals surface area contributed by atoms with Gasteiger partial charge in [0.1, 0.15) is 0 Å². The quantitative estimate of drug-likeness (QED) is 0.754. The average Bonchev–Trinajstić information content (AvgIpc) is 2.82. The van der Waals surface area contributed by atoms with E-state index < -0.39 is 0 Å². The van der Waals surface area contributed by atoms with Gasteiger partial charge in [-0.3, -0.25) is 4.79 Å². The Morgan fingerprint density at radius 3 is 2.52 bits per heavy atom. The van der Waals surface area contributed by atoms with E-state index in [1.807, 2.05) is 24.3 Å². The van der Waals surface area contributed by atoms with Gasteiger partial charge < -0.3 is 11.1 Å². The predicted molar refractivity (Wildman–Crippen MR) is 85.3 cm³/mol. The standard InChI is InChI=1S/C14H19N5OS/c1-14(2,3)9-4-6-10(7-5-9)16-11(20)8-21-13-17-12(15)18-19-13/h4-7H,8H2,1-3H3,(H,16,20)(H3,15,17,18,19). The van der Waals surface area contributed by atoms with Gasteiger partial charge in [0.25, 0.3) is 0 Å². The van der Waals surface area contributed by atoms with Gasteiger partial charge in [-0.15, -0.1) is 5.10 Å². The van der Waals surface area contributed by atoms with Crippen molar-refractivity contribution in [3.8, 4) is 0 Å². The van der Waals surface area contributed by atoms with Gasteiger partial charge in [0, 0.05) is 5.69 Å². The highest BCUT2D eigenvalue weighted by Crippen LogP contribution is 2.23. The number of thioether (sulfide) groups is 1. The summed E-state index contributed by atoms with van der Waals surface area (Å²) in [5, 5.41) is 9.69. The molecule has 7 heteroatoms. The first-order valence-electron chi connectivity index (χ1n) is 6.55. The maximum Gasteiger partial charge on any atom is 0.234 e. The number of nitrogen functional groups attached to an aromatic ring is 1. The lowest BCUT2D eigenvalue weighted by Crippen LogP contribution is -2.15. The van der Waals surface area contributed by atoms with Crippen LogP contribution >= 0.6 is 11.8 Å². The maximum absolute atomic E-state index is 11.8. The molecule has 2 rings (SSSR count). The van der Waals surface area contributed by atoms with Crippen LogP contribution in [0.1, 0.15) is 26.3 Å². The number of nitrogens with zero attached hydrogens (tertiary/aromatic N) is 2. The first-order chi connectivity index (χ1) is 9.84. The highest BCUT2D eigenvalue weighted by atomic mass is 32.2. The van der Waals surface area contributed by atoms with Crippen molar-refractivity contribution in [2.75, 3.05) is 16.8 Å². The number of anilines is 2. The van der Waals surface area contributed by atoms with Gasteiger partial charge in [-0.2, -0.15) is 4.98 Å². The third-order valence-electron chi connectivity index (χ3n) is 2.85. The van der Waals surface area contributed by atoms with E-state index >= 15 is 0 Å².